The fourth-order valence-electron chi connectivity index (χ4n) is 2.99. The maximum absolute atomic E-state index is 12.5. The van der Waals surface area contributed by atoms with Gasteiger partial charge in [-0.15, -0.1) is 0 Å². The molecule has 0 radical (unpaired) electrons. The summed E-state index contributed by atoms with van der Waals surface area (Å²) in [6, 6.07) is 16.3. The third-order valence-corrected chi connectivity index (χ3v) is 4.25. The monoisotopic (exact) mass is 294 g/mol. The van der Waals surface area contributed by atoms with Crippen LogP contribution in [0.4, 0.5) is 11.4 Å². The molecule has 0 fully saturated rings. The van der Waals surface area contributed by atoms with Crippen LogP contribution in [0.25, 0.3) is 0 Å². The van der Waals surface area contributed by atoms with E-state index in [1.165, 1.54) is 11.3 Å². The third kappa shape index (κ3) is 2.98. The molecule has 0 spiro atoms. The van der Waals surface area contributed by atoms with Crippen LogP contribution < -0.4 is 9.80 Å². The van der Waals surface area contributed by atoms with Crippen molar-refractivity contribution in [2.45, 2.75) is 12.8 Å². The largest absolute Gasteiger partial charge is 0.378 e. The first kappa shape index (κ1) is 14.6. The van der Waals surface area contributed by atoms with Gasteiger partial charge in [0.25, 0.3) is 0 Å². The van der Waals surface area contributed by atoms with Crippen LogP contribution in [-0.4, -0.2) is 33.0 Å². The highest BCUT2D eigenvalue weighted by Crippen LogP contribution is 2.26. The normalized spacial score (nSPS) is 13.6. The van der Waals surface area contributed by atoms with Gasteiger partial charge in [0.15, 0.2) is 5.78 Å². The molecule has 0 unspecified atom stereocenters. The molecule has 0 saturated heterocycles. The Hall–Kier alpha value is -2.29. The van der Waals surface area contributed by atoms with E-state index in [0.717, 1.165) is 30.6 Å². The number of carbonyl (C=O) groups is 1. The van der Waals surface area contributed by atoms with E-state index in [1.807, 2.05) is 49.3 Å². The molecule has 3 heteroatoms. The van der Waals surface area contributed by atoms with Gasteiger partial charge in [0.1, 0.15) is 0 Å². The van der Waals surface area contributed by atoms with E-state index in [9.17, 15) is 4.79 Å². The van der Waals surface area contributed by atoms with Crippen molar-refractivity contribution in [1.82, 2.24) is 0 Å². The number of aryl methyl sites for hydroxylation is 1. The number of nitrogens with zero attached hydrogens (tertiary/aromatic N) is 2. The van der Waals surface area contributed by atoms with Crippen LogP contribution in [0, 0.1) is 0 Å². The fourth-order valence-corrected chi connectivity index (χ4v) is 2.99. The van der Waals surface area contributed by atoms with Crippen molar-refractivity contribution in [3.63, 3.8) is 0 Å². The van der Waals surface area contributed by atoms with E-state index >= 15 is 0 Å². The second-order valence-corrected chi connectivity index (χ2v) is 6.02. The average Bonchev–Trinajstić information content (AvgIpc) is 2.55. The molecular formula is C19H22N2O. The molecule has 0 atom stereocenters. The first-order valence-electron chi connectivity index (χ1n) is 7.78. The zero-order chi connectivity index (χ0) is 15.5. The molecule has 0 aromatic heterocycles. The molecule has 1 heterocycles. The summed E-state index contributed by atoms with van der Waals surface area (Å²) in [6.07, 6.45) is 2.22. The summed E-state index contributed by atoms with van der Waals surface area (Å²) in [4.78, 5) is 16.8. The number of ketones is 1. The van der Waals surface area contributed by atoms with Gasteiger partial charge in [-0.3, -0.25) is 4.79 Å². The quantitative estimate of drug-likeness (QED) is 0.808. The number of anilines is 2. The van der Waals surface area contributed by atoms with Crippen LogP contribution in [0.5, 0.6) is 0 Å². The zero-order valence-corrected chi connectivity index (χ0v) is 13.2. The van der Waals surface area contributed by atoms with Crippen LogP contribution >= 0.6 is 0 Å². The summed E-state index contributed by atoms with van der Waals surface area (Å²) in [7, 11) is 4.00. The Morgan fingerprint density at radius 2 is 1.82 bits per heavy atom. The summed E-state index contributed by atoms with van der Waals surface area (Å²) in [5, 5.41) is 0. The highest BCUT2D eigenvalue weighted by atomic mass is 16.1. The van der Waals surface area contributed by atoms with Crippen LogP contribution in [-0.2, 0) is 6.42 Å². The number of para-hydroxylation sites is 1. The van der Waals surface area contributed by atoms with E-state index in [2.05, 4.69) is 23.1 Å². The predicted octanol–water partition coefficient (Wildman–Crippen LogP) is 3.39. The van der Waals surface area contributed by atoms with Gasteiger partial charge in [-0.2, -0.15) is 0 Å². The Balaban J connectivity index is 1.75. The van der Waals surface area contributed by atoms with Gasteiger partial charge >= 0.3 is 0 Å². The Labute approximate surface area is 132 Å². The van der Waals surface area contributed by atoms with Crippen LogP contribution in [0.15, 0.2) is 48.5 Å². The van der Waals surface area contributed by atoms with Gasteiger partial charge < -0.3 is 9.80 Å². The van der Waals surface area contributed by atoms with Crippen LogP contribution in [0.2, 0.25) is 0 Å². The molecule has 1 aliphatic rings. The number of hydrogen-bond donors (Lipinski definition) is 0. The standard InChI is InChI=1S/C19H22N2O/c1-20(2)17-11-9-16(10-12-17)19(22)14-21-13-5-7-15-6-3-4-8-18(15)21/h3-4,6,8-12H,5,7,13-14H2,1-2H3. The number of rotatable bonds is 4. The van der Waals surface area contributed by atoms with Crippen molar-refractivity contribution in [2.75, 3.05) is 37.0 Å². The molecule has 0 amide bonds. The van der Waals surface area contributed by atoms with Gasteiger partial charge in [-0.05, 0) is 48.7 Å². The topological polar surface area (TPSA) is 23.6 Å². The lowest BCUT2D eigenvalue weighted by atomic mass is 10.0. The summed E-state index contributed by atoms with van der Waals surface area (Å²) in [5.41, 5.74) is 4.46. The van der Waals surface area contributed by atoms with Crippen molar-refractivity contribution in [3.05, 3.63) is 59.7 Å². The first-order valence-corrected chi connectivity index (χ1v) is 7.78. The lowest BCUT2D eigenvalue weighted by Gasteiger charge is -2.30. The van der Waals surface area contributed by atoms with Crippen molar-refractivity contribution in [3.8, 4) is 0 Å². The molecule has 2 aromatic rings. The number of fused-ring (bicyclic) bond motifs is 1. The summed E-state index contributed by atoms with van der Waals surface area (Å²) in [5.74, 6) is 0.182. The minimum atomic E-state index is 0.182. The van der Waals surface area contributed by atoms with Crippen LogP contribution in [0.3, 0.4) is 0 Å². The molecule has 0 N–H and O–H groups in total. The lowest BCUT2D eigenvalue weighted by molar-refractivity contribution is 0.0998. The molecule has 3 nitrogen and oxygen atoms in total. The van der Waals surface area contributed by atoms with E-state index in [4.69, 9.17) is 0 Å². The van der Waals surface area contributed by atoms with Crippen molar-refractivity contribution in [1.29, 1.82) is 0 Å². The molecular weight excluding hydrogens is 272 g/mol. The first-order chi connectivity index (χ1) is 10.6. The maximum atomic E-state index is 12.5. The molecule has 22 heavy (non-hydrogen) atoms. The molecule has 0 bridgehead atoms. The minimum Gasteiger partial charge on any atom is -0.378 e. The lowest BCUT2D eigenvalue weighted by Crippen LogP contribution is -2.34. The van der Waals surface area contributed by atoms with Gasteiger partial charge in [-0.25, -0.2) is 0 Å². The number of benzene rings is 2. The van der Waals surface area contributed by atoms with Crippen LogP contribution in [0.1, 0.15) is 22.3 Å². The highest BCUT2D eigenvalue weighted by Gasteiger charge is 2.19. The van der Waals surface area contributed by atoms with E-state index < -0.39 is 0 Å². The van der Waals surface area contributed by atoms with Gasteiger partial charge in [0.05, 0.1) is 6.54 Å². The Kier molecular flexibility index (Phi) is 4.14. The smallest absolute Gasteiger partial charge is 0.182 e. The second kappa shape index (κ2) is 6.22. The molecule has 1 aliphatic heterocycles. The third-order valence-electron chi connectivity index (χ3n) is 4.25. The molecule has 0 aliphatic carbocycles. The molecule has 2 aromatic carbocycles. The Bertz CT molecular complexity index is 661. The second-order valence-electron chi connectivity index (χ2n) is 6.02. The van der Waals surface area contributed by atoms with Crippen molar-refractivity contribution in [2.24, 2.45) is 0 Å². The van der Waals surface area contributed by atoms with E-state index in [0.29, 0.717) is 6.54 Å². The fraction of sp³-hybridized carbons (Fsp3) is 0.316. The highest BCUT2D eigenvalue weighted by molar-refractivity contribution is 5.99. The molecule has 114 valence electrons. The van der Waals surface area contributed by atoms with Crippen molar-refractivity contribution < 1.29 is 4.79 Å². The number of Topliss-reactive ketones (excluding diaryl/α,β-unsaturated/α-hetero) is 1. The zero-order valence-electron chi connectivity index (χ0n) is 13.2. The Morgan fingerprint density at radius 3 is 2.55 bits per heavy atom. The van der Waals surface area contributed by atoms with Gasteiger partial charge in [-0.1, -0.05) is 18.2 Å². The van der Waals surface area contributed by atoms with E-state index in [1.54, 1.807) is 0 Å². The number of carbonyl (C=O) groups excluding carboxylic acids is 1. The summed E-state index contributed by atoms with van der Waals surface area (Å²) < 4.78 is 0. The summed E-state index contributed by atoms with van der Waals surface area (Å²) in [6.45, 7) is 1.41. The SMILES string of the molecule is CN(C)c1ccc(C(=O)CN2CCCc3ccccc32)cc1. The predicted molar refractivity (Wildman–Crippen MR) is 92.1 cm³/mol. The minimum absolute atomic E-state index is 0.182. The molecule has 0 saturated carbocycles. The molecule has 3 rings (SSSR count). The van der Waals surface area contributed by atoms with Crippen molar-refractivity contribution >= 4 is 17.2 Å². The van der Waals surface area contributed by atoms with Gasteiger partial charge in [0, 0.05) is 37.6 Å². The summed E-state index contributed by atoms with van der Waals surface area (Å²) >= 11 is 0. The average molecular weight is 294 g/mol. The number of hydrogen-bond acceptors (Lipinski definition) is 3. The maximum Gasteiger partial charge on any atom is 0.182 e. The van der Waals surface area contributed by atoms with Gasteiger partial charge in [0.2, 0.25) is 0 Å². The van der Waals surface area contributed by atoms with E-state index in [-0.39, 0.29) is 5.78 Å². The Morgan fingerprint density at radius 1 is 1.09 bits per heavy atom.